The highest BCUT2D eigenvalue weighted by molar-refractivity contribution is 6.02. The third-order valence-corrected chi connectivity index (χ3v) is 3.69. The summed E-state index contributed by atoms with van der Waals surface area (Å²) in [6.45, 7) is 3.79. The number of carbonyl (C=O) groups is 2. The Balaban J connectivity index is 1.52. The van der Waals surface area contributed by atoms with E-state index >= 15 is 0 Å². The standard InChI is InChI=1S/C22H20N2O5/c1-2-11-27-18-8-3-6-16(13-18)23-21(25)15-29-19-9-4-7-17(14-19)24-22(26)20-10-5-12-28-20/h2-10,12-14H,1,11,15H2,(H,23,25)(H,24,26). The van der Waals surface area contributed by atoms with Crippen LogP contribution in [0.3, 0.4) is 0 Å². The average Bonchev–Trinajstić information content (AvgIpc) is 3.26. The zero-order chi connectivity index (χ0) is 20.5. The number of amides is 2. The minimum Gasteiger partial charge on any atom is -0.489 e. The molecule has 7 heteroatoms. The zero-order valence-corrected chi connectivity index (χ0v) is 15.6. The van der Waals surface area contributed by atoms with E-state index in [4.69, 9.17) is 13.9 Å². The van der Waals surface area contributed by atoms with Crippen molar-refractivity contribution >= 4 is 23.2 Å². The number of anilines is 2. The molecule has 2 amide bonds. The Morgan fingerprint density at radius 1 is 0.931 bits per heavy atom. The number of ether oxygens (including phenoxy) is 2. The van der Waals surface area contributed by atoms with Gasteiger partial charge in [-0.1, -0.05) is 24.8 Å². The van der Waals surface area contributed by atoms with Crippen molar-refractivity contribution in [3.63, 3.8) is 0 Å². The van der Waals surface area contributed by atoms with Crippen molar-refractivity contribution in [2.75, 3.05) is 23.8 Å². The zero-order valence-electron chi connectivity index (χ0n) is 15.6. The van der Waals surface area contributed by atoms with Crippen LogP contribution in [0.1, 0.15) is 10.6 Å². The number of benzene rings is 2. The summed E-state index contributed by atoms with van der Waals surface area (Å²) in [6, 6.07) is 17.0. The molecule has 0 spiro atoms. The fourth-order valence-corrected chi connectivity index (χ4v) is 2.43. The molecule has 1 heterocycles. The van der Waals surface area contributed by atoms with Crippen molar-refractivity contribution in [2.45, 2.75) is 0 Å². The number of carbonyl (C=O) groups excluding carboxylic acids is 2. The Hall–Kier alpha value is -4.00. The molecule has 3 rings (SSSR count). The van der Waals surface area contributed by atoms with Crippen molar-refractivity contribution in [1.29, 1.82) is 0 Å². The first-order chi connectivity index (χ1) is 14.1. The fourth-order valence-electron chi connectivity index (χ4n) is 2.43. The van der Waals surface area contributed by atoms with Gasteiger partial charge in [-0.3, -0.25) is 9.59 Å². The van der Waals surface area contributed by atoms with Gasteiger partial charge in [0.25, 0.3) is 11.8 Å². The van der Waals surface area contributed by atoms with E-state index in [-0.39, 0.29) is 24.2 Å². The van der Waals surface area contributed by atoms with Gasteiger partial charge in [0.15, 0.2) is 12.4 Å². The SMILES string of the molecule is C=CCOc1cccc(NC(=O)COc2cccc(NC(=O)c3ccco3)c2)c1. The molecule has 0 fully saturated rings. The van der Waals surface area contributed by atoms with E-state index < -0.39 is 0 Å². The van der Waals surface area contributed by atoms with Crippen LogP contribution in [0.4, 0.5) is 11.4 Å². The highest BCUT2D eigenvalue weighted by atomic mass is 16.5. The molecule has 0 bridgehead atoms. The van der Waals surface area contributed by atoms with Crippen LogP contribution in [0.15, 0.2) is 84.0 Å². The van der Waals surface area contributed by atoms with Gasteiger partial charge in [0, 0.05) is 23.5 Å². The van der Waals surface area contributed by atoms with Crippen LogP contribution in [0.2, 0.25) is 0 Å². The van der Waals surface area contributed by atoms with Crippen LogP contribution in [0.25, 0.3) is 0 Å². The molecule has 0 unspecified atom stereocenters. The minimum absolute atomic E-state index is 0.187. The van der Waals surface area contributed by atoms with E-state index in [0.717, 1.165) is 0 Å². The van der Waals surface area contributed by atoms with Crippen LogP contribution < -0.4 is 20.1 Å². The van der Waals surface area contributed by atoms with E-state index in [0.29, 0.717) is 29.5 Å². The summed E-state index contributed by atoms with van der Waals surface area (Å²) in [5.74, 6) is 0.582. The second-order valence-corrected chi connectivity index (χ2v) is 5.92. The maximum Gasteiger partial charge on any atom is 0.291 e. The predicted octanol–water partition coefficient (Wildman–Crippen LogP) is 4.11. The Bertz CT molecular complexity index is 982. The average molecular weight is 392 g/mol. The normalized spacial score (nSPS) is 10.1. The predicted molar refractivity (Wildman–Crippen MR) is 109 cm³/mol. The number of hydrogen-bond acceptors (Lipinski definition) is 5. The molecule has 0 atom stereocenters. The number of rotatable bonds is 9. The third-order valence-electron chi connectivity index (χ3n) is 3.69. The van der Waals surface area contributed by atoms with E-state index in [9.17, 15) is 9.59 Å². The van der Waals surface area contributed by atoms with Crippen LogP contribution in [0.5, 0.6) is 11.5 Å². The summed E-state index contributed by atoms with van der Waals surface area (Å²) in [6.07, 6.45) is 3.07. The Morgan fingerprint density at radius 2 is 1.62 bits per heavy atom. The van der Waals surface area contributed by atoms with Gasteiger partial charge in [-0.05, 0) is 36.4 Å². The van der Waals surface area contributed by atoms with Crippen molar-refractivity contribution in [2.24, 2.45) is 0 Å². The lowest BCUT2D eigenvalue weighted by Gasteiger charge is -2.10. The molecule has 0 aliphatic rings. The summed E-state index contributed by atoms with van der Waals surface area (Å²) in [5, 5.41) is 5.44. The quantitative estimate of drug-likeness (QED) is 0.535. The van der Waals surface area contributed by atoms with Gasteiger partial charge in [-0.25, -0.2) is 0 Å². The highest BCUT2D eigenvalue weighted by Crippen LogP contribution is 2.19. The summed E-state index contributed by atoms with van der Waals surface area (Å²) < 4.78 is 16.0. The summed E-state index contributed by atoms with van der Waals surface area (Å²) in [4.78, 5) is 24.2. The van der Waals surface area contributed by atoms with Gasteiger partial charge in [-0.2, -0.15) is 0 Å². The maximum absolute atomic E-state index is 12.2. The second kappa shape index (κ2) is 9.80. The molecule has 0 aliphatic heterocycles. The molecular weight excluding hydrogens is 372 g/mol. The largest absolute Gasteiger partial charge is 0.489 e. The molecule has 0 saturated heterocycles. The van der Waals surface area contributed by atoms with E-state index in [2.05, 4.69) is 17.2 Å². The topological polar surface area (TPSA) is 89.8 Å². The molecule has 0 aliphatic carbocycles. The molecule has 0 radical (unpaired) electrons. The summed E-state index contributed by atoms with van der Waals surface area (Å²) >= 11 is 0. The van der Waals surface area contributed by atoms with Gasteiger partial charge in [0.1, 0.15) is 18.1 Å². The summed E-state index contributed by atoms with van der Waals surface area (Å²) in [5.41, 5.74) is 1.12. The van der Waals surface area contributed by atoms with E-state index in [1.165, 1.54) is 6.26 Å². The first-order valence-electron chi connectivity index (χ1n) is 8.85. The van der Waals surface area contributed by atoms with Gasteiger partial charge in [0.2, 0.25) is 0 Å². The minimum atomic E-state index is -0.372. The molecule has 3 aromatic rings. The molecule has 148 valence electrons. The van der Waals surface area contributed by atoms with Crippen molar-refractivity contribution in [3.8, 4) is 11.5 Å². The van der Waals surface area contributed by atoms with Crippen LogP contribution in [-0.4, -0.2) is 25.0 Å². The Morgan fingerprint density at radius 3 is 2.28 bits per heavy atom. The van der Waals surface area contributed by atoms with E-state index in [1.807, 2.05) is 0 Å². The molecule has 2 N–H and O–H groups in total. The van der Waals surface area contributed by atoms with Crippen LogP contribution >= 0.6 is 0 Å². The fraction of sp³-hybridized carbons (Fsp3) is 0.0909. The van der Waals surface area contributed by atoms with Crippen LogP contribution in [-0.2, 0) is 4.79 Å². The number of nitrogens with one attached hydrogen (secondary N) is 2. The monoisotopic (exact) mass is 392 g/mol. The molecule has 7 nitrogen and oxygen atoms in total. The molecular formula is C22H20N2O5. The molecule has 1 aromatic heterocycles. The molecule has 2 aromatic carbocycles. The Labute approximate surface area is 167 Å². The van der Waals surface area contributed by atoms with Crippen molar-refractivity contribution in [1.82, 2.24) is 0 Å². The lowest BCUT2D eigenvalue weighted by atomic mass is 10.3. The molecule has 29 heavy (non-hydrogen) atoms. The third kappa shape index (κ3) is 6.00. The first kappa shape index (κ1) is 19.8. The lowest BCUT2D eigenvalue weighted by molar-refractivity contribution is -0.118. The number of hydrogen-bond donors (Lipinski definition) is 2. The van der Waals surface area contributed by atoms with Crippen molar-refractivity contribution < 1.29 is 23.5 Å². The highest BCUT2D eigenvalue weighted by Gasteiger charge is 2.10. The van der Waals surface area contributed by atoms with Gasteiger partial charge in [0.05, 0.1) is 6.26 Å². The van der Waals surface area contributed by atoms with Gasteiger partial charge >= 0.3 is 0 Å². The second-order valence-electron chi connectivity index (χ2n) is 5.92. The van der Waals surface area contributed by atoms with Gasteiger partial charge < -0.3 is 24.5 Å². The Kier molecular flexibility index (Phi) is 6.67. The maximum atomic E-state index is 12.2. The lowest BCUT2D eigenvalue weighted by Crippen LogP contribution is -2.20. The summed E-state index contributed by atoms with van der Waals surface area (Å²) in [7, 11) is 0. The van der Waals surface area contributed by atoms with E-state index in [1.54, 1.807) is 66.7 Å². The molecule has 0 saturated carbocycles. The first-order valence-corrected chi connectivity index (χ1v) is 8.85. The smallest absolute Gasteiger partial charge is 0.291 e. The van der Waals surface area contributed by atoms with Crippen LogP contribution in [0, 0.1) is 0 Å². The number of furan rings is 1. The van der Waals surface area contributed by atoms with Gasteiger partial charge in [-0.15, -0.1) is 0 Å². The van der Waals surface area contributed by atoms with Crippen molar-refractivity contribution in [3.05, 3.63) is 85.3 Å².